The van der Waals surface area contributed by atoms with Crippen LogP contribution in [0.4, 0.5) is 13.2 Å². The number of aliphatic hydroxyl groups excluding tert-OH is 1. The van der Waals surface area contributed by atoms with Crippen molar-refractivity contribution in [3.05, 3.63) is 10.6 Å². The summed E-state index contributed by atoms with van der Waals surface area (Å²) in [6.45, 7) is -1.25. The van der Waals surface area contributed by atoms with Crippen molar-refractivity contribution in [2.45, 2.75) is 19.5 Å². The van der Waals surface area contributed by atoms with E-state index in [2.05, 4.69) is 5.10 Å². The van der Waals surface area contributed by atoms with Crippen LogP contribution in [0.25, 0.3) is 0 Å². The molecule has 0 bridgehead atoms. The van der Waals surface area contributed by atoms with Crippen LogP contribution in [0.2, 0.25) is 0 Å². The van der Waals surface area contributed by atoms with Gasteiger partial charge in [-0.25, -0.2) is 4.68 Å². The molecule has 0 aliphatic heterocycles. The van der Waals surface area contributed by atoms with Crippen LogP contribution in [-0.4, -0.2) is 57.3 Å². The summed E-state index contributed by atoms with van der Waals surface area (Å²) in [5.74, 6) is 0.300. The normalized spacial score (nSPS) is 12.3. The zero-order chi connectivity index (χ0) is 15.3. The van der Waals surface area contributed by atoms with Gasteiger partial charge in [0.1, 0.15) is 6.61 Å². The van der Waals surface area contributed by atoms with E-state index in [0.717, 1.165) is 4.90 Å². The average Bonchev–Trinajstić information content (AvgIpc) is 2.62. The van der Waals surface area contributed by atoms with E-state index in [4.69, 9.17) is 22.1 Å². The molecule has 0 aliphatic carbocycles. The third-order valence-electron chi connectivity index (χ3n) is 2.62. The minimum atomic E-state index is -4.31. The summed E-state index contributed by atoms with van der Waals surface area (Å²) in [5, 5.41) is 13.0. The molecule has 0 aliphatic rings. The van der Waals surface area contributed by atoms with Crippen LogP contribution in [0.15, 0.2) is 0 Å². The second-order valence-electron chi connectivity index (χ2n) is 4.22. The number of halogens is 3. The summed E-state index contributed by atoms with van der Waals surface area (Å²) < 4.78 is 45.3. The number of aromatic nitrogens is 3. The summed E-state index contributed by atoms with van der Waals surface area (Å²) in [6.07, 6.45) is -4.31. The van der Waals surface area contributed by atoms with Gasteiger partial charge in [0.05, 0.1) is 19.8 Å². The van der Waals surface area contributed by atoms with Gasteiger partial charge in [0, 0.05) is 20.7 Å². The second kappa shape index (κ2) is 7.16. The molecule has 20 heavy (non-hydrogen) atoms. The molecule has 1 N–H and O–H groups in total. The number of aliphatic hydroxyl groups is 1. The first-order valence-electron chi connectivity index (χ1n) is 5.80. The van der Waals surface area contributed by atoms with E-state index in [1.165, 1.54) is 16.4 Å². The summed E-state index contributed by atoms with van der Waals surface area (Å²) >= 11 is 5.07. The van der Waals surface area contributed by atoms with E-state index in [9.17, 15) is 13.2 Å². The number of alkyl halides is 3. The van der Waals surface area contributed by atoms with E-state index in [0.29, 0.717) is 5.82 Å². The van der Waals surface area contributed by atoms with Crippen LogP contribution >= 0.6 is 12.2 Å². The zero-order valence-electron chi connectivity index (χ0n) is 11.2. The van der Waals surface area contributed by atoms with E-state index in [1.54, 1.807) is 7.05 Å². The summed E-state index contributed by atoms with van der Waals surface area (Å²) in [5.41, 5.74) is 0. The first-order chi connectivity index (χ1) is 9.28. The van der Waals surface area contributed by atoms with Gasteiger partial charge < -0.3 is 14.4 Å². The minimum Gasteiger partial charge on any atom is -0.388 e. The fourth-order valence-corrected chi connectivity index (χ4v) is 1.83. The Morgan fingerprint density at radius 2 is 2.10 bits per heavy atom. The van der Waals surface area contributed by atoms with Crippen molar-refractivity contribution in [3.63, 3.8) is 0 Å². The van der Waals surface area contributed by atoms with Gasteiger partial charge >= 0.3 is 6.18 Å². The maximum atomic E-state index is 12.5. The van der Waals surface area contributed by atoms with Crippen LogP contribution in [-0.2, 0) is 25.1 Å². The number of methoxy groups -OCH3 is 1. The largest absolute Gasteiger partial charge is 0.401 e. The molecule has 10 heteroatoms. The predicted octanol–water partition coefficient (Wildman–Crippen LogP) is 0.912. The molecule has 1 aromatic heterocycles. The number of ether oxygens (including phenoxy) is 1. The summed E-state index contributed by atoms with van der Waals surface area (Å²) in [6, 6.07) is 0. The SMILES string of the molecule is COCCN(Cn1nc(CO)n(C)c1=S)CC(F)(F)F. The second-order valence-corrected chi connectivity index (χ2v) is 4.58. The molecule has 116 valence electrons. The van der Waals surface area contributed by atoms with Gasteiger partial charge in [0.15, 0.2) is 10.6 Å². The first-order valence-corrected chi connectivity index (χ1v) is 6.21. The highest BCUT2D eigenvalue weighted by Crippen LogP contribution is 2.17. The van der Waals surface area contributed by atoms with Crippen LogP contribution in [0.1, 0.15) is 5.82 Å². The molecule has 0 unspecified atom stereocenters. The Bertz CT molecular complexity index is 486. The van der Waals surface area contributed by atoms with Crippen LogP contribution in [0.3, 0.4) is 0 Å². The predicted molar refractivity (Wildman–Crippen MR) is 67.5 cm³/mol. The maximum absolute atomic E-state index is 12.5. The molecule has 0 aromatic carbocycles. The Kier molecular flexibility index (Phi) is 6.11. The van der Waals surface area contributed by atoms with Crippen molar-refractivity contribution in [1.29, 1.82) is 0 Å². The van der Waals surface area contributed by atoms with Crippen LogP contribution < -0.4 is 0 Å². The molecule has 0 amide bonds. The zero-order valence-corrected chi connectivity index (χ0v) is 12.0. The smallest absolute Gasteiger partial charge is 0.388 e. The lowest BCUT2D eigenvalue weighted by atomic mass is 10.5. The molecule has 0 radical (unpaired) electrons. The quantitative estimate of drug-likeness (QED) is 0.758. The third-order valence-corrected chi connectivity index (χ3v) is 3.11. The van der Waals surface area contributed by atoms with E-state index in [1.807, 2.05) is 0 Å². The number of rotatable bonds is 7. The Hall–Kier alpha value is -0.970. The van der Waals surface area contributed by atoms with Crippen LogP contribution in [0.5, 0.6) is 0 Å². The average molecular weight is 314 g/mol. The molecule has 0 saturated heterocycles. The topological polar surface area (TPSA) is 55.4 Å². The molecule has 1 rings (SSSR count). The third kappa shape index (κ3) is 4.85. The minimum absolute atomic E-state index is 0.100. The van der Waals surface area contributed by atoms with Gasteiger partial charge in [-0.15, -0.1) is 0 Å². The lowest BCUT2D eigenvalue weighted by molar-refractivity contribution is -0.151. The highest BCUT2D eigenvalue weighted by Gasteiger charge is 2.31. The number of hydrogen-bond donors (Lipinski definition) is 1. The summed E-state index contributed by atoms with van der Waals surface area (Å²) in [7, 11) is 3.02. The molecule has 0 spiro atoms. The number of hydrogen-bond acceptors (Lipinski definition) is 5. The lowest BCUT2D eigenvalue weighted by Crippen LogP contribution is -2.38. The van der Waals surface area contributed by atoms with Crippen molar-refractivity contribution in [1.82, 2.24) is 19.2 Å². The molecule has 1 heterocycles. The highest BCUT2D eigenvalue weighted by molar-refractivity contribution is 7.71. The monoisotopic (exact) mass is 314 g/mol. The molecular weight excluding hydrogens is 297 g/mol. The van der Waals surface area contributed by atoms with E-state index in [-0.39, 0.29) is 31.2 Å². The molecular formula is C10H17F3N4O2S. The maximum Gasteiger partial charge on any atom is 0.401 e. The van der Waals surface area contributed by atoms with Gasteiger partial charge in [-0.3, -0.25) is 4.90 Å². The van der Waals surface area contributed by atoms with Crippen molar-refractivity contribution in [2.75, 3.05) is 26.8 Å². The first kappa shape index (κ1) is 17.1. The molecule has 6 nitrogen and oxygen atoms in total. The molecule has 0 saturated carbocycles. The van der Waals surface area contributed by atoms with Gasteiger partial charge in [-0.05, 0) is 12.2 Å². The Labute approximate surface area is 119 Å². The Morgan fingerprint density at radius 3 is 2.55 bits per heavy atom. The van der Waals surface area contributed by atoms with E-state index >= 15 is 0 Å². The fraction of sp³-hybridized carbons (Fsp3) is 0.800. The molecule has 1 aromatic rings. The van der Waals surface area contributed by atoms with Crippen LogP contribution in [0, 0.1) is 4.77 Å². The molecule has 0 atom stereocenters. The van der Waals surface area contributed by atoms with Gasteiger partial charge in [-0.1, -0.05) is 0 Å². The Morgan fingerprint density at radius 1 is 1.45 bits per heavy atom. The van der Waals surface area contributed by atoms with E-state index < -0.39 is 12.7 Å². The standard InChI is InChI=1S/C10H17F3N4O2S/c1-15-8(5-18)14-17(9(15)20)7-16(3-4-19-2)6-10(11,12)13/h18H,3-7H2,1-2H3. The highest BCUT2D eigenvalue weighted by atomic mass is 32.1. The number of nitrogens with zero attached hydrogens (tertiary/aromatic N) is 4. The van der Waals surface area contributed by atoms with Gasteiger partial charge in [0.25, 0.3) is 0 Å². The van der Waals surface area contributed by atoms with Crippen molar-refractivity contribution >= 4 is 12.2 Å². The Balaban J connectivity index is 2.86. The molecule has 0 fully saturated rings. The lowest BCUT2D eigenvalue weighted by Gasteiger charge is -2.22. The summed E-state index contributed by atoms with van der Waals surface area (Å²) in [4.78, 5) is 1.13. The van der Waals surface area contributed by atoms with Crippen molar-refractivity contribution in [2.24, 2.45) is 7.05 Å². The van der Waals surface area contributed by atoms with Gasteiger partial charge in [-0.2, -0.15) is 18.3 Å². The fourth-order valence-electron chi connectivity index (χ4n) is 1.63. The van der Waals surface area contributed by atoms with Crippen molar-refractivity contribution < 1.29 is 23.0 Å². The van der Waals surface area contributed by atoms with Crippen molar-refractivity contribution in [3.8, 4) is 0 Å². The van der Waals surface area contributed by atoms with Gasteiger partial charge in [0.2, 0.25) is 0 Å².